The molecule has 0 aromatic carbocycles. The van der Waals surface area contributed by atoms with Gasteiger partial charge in [-0.3, -0.25) is 4.79 Å². The van der Waals surface area contributed by atoms with Crippen molar-refractivity contribution in [2.75, 3.05) is 20.2 Å². The molecule has 0 saturated carbocycles. The minimum absolute atomic E-state index is 0.0766. The van der Waals surface area contributed by atoms with E-state index in [1.807, 2.05) is 6.92 Å². The monoisotopic (exact) mass is 240 g/mol. The fraction of sp³-hybridized carbons (Fsp3) is 0.455. The summed E-state index contributed by atoms with van der Waals surface area (Å²) >= 11 is 0. The molecule has 0 unspecified atom stereocenters. The summed E-state index contributed by atoms with van der Waals surface area (Å²) < 4.78 is 9.68. The summed E-state index contributed by atoms with van der Waals surface area (Å²) in [6.07, 6.45) is 1.33. The van der Waals surface area contributed by atoms with Crippen molar-refractivity contribution in [2.45, 2.75) is 13.5 Å². The number of hydrogen-bond acceptors (Lipinski definition) is 5. The lowest BCUT2D eigenvalue weighted by molar-refractivity contribution is -0.120. The quantitative estimate of drug-likeness (QED) is 0.699. The lowest BCUT2D eigenvalue weighted by Gasteiger charge is -2.02. The Labute approximate surface area is 99.3 Å². The Bertz CT molecular complexity index is 387. The molecule has 94 valence electrons. The third-order valence-electron chi connectivity index (χ3n) is 2.03. The predicted octanol–water partition coefficient (Wildman–Crippen LogP) is 0.292. The predicted molar refractivity (Wildman–Crippen MR) is 60.4 cm³/mol. The standard InChI is InChI=1S/C11H16N2O4/c1-3-13-10(14)6-12-5-9-4-8(7-17-9)11(15)16-2/h4,7,12H,3,5-6H2,1-2H3,(H,13,14). The lowest BCUT2D eigenvalue weighted by atomic mass is 10.3. The number of esters is 1. The van der Waals surface area contributed by atoms with E-state index < -0.39 is 5.97 Å². The minimum Gasteiger partial charge on any atom is -0.467 e. The Morgan fingerprint density at radius 3 is 2.88 bits per heavy atom. The van der Waals surface area contributed by atoms with Gasteiger partial charge in [0.05, 0.1) is 25.8 Å². The maximum atomic E-state index is 11.1. The Hall–Kier alpha value is -1.82. The average molecular weight is 240 g/mol. The van der Waals surface area contributed by atoms with Crippen molar-refractivity contribution in [1.29, 1.82) is 0 Å². The molecule has 0 aliphatic heterocycles. The van der Waals surface area contributed by atoms with Gasteiger partial charge in [-0.05, 0) is 13.0 Å². The van der Waals surface area contributed by atoms with E-state index in [0.717, 1.165) is 0 Å². The van der Waals surface area contributed by atoms with Crippen LogP contribution in [0.5, 0.6) is 0 Å². The third kappa shape index (κ3) is 4.28. The lowest BCUT2D eigenvalue weighted by Crippen LogP contribution is -2.33. The van der Waals surface area contributed by atoms with Crippen LogP contribution in [0.1, 0.15) is 23.0 Å². The number of likely N-dealkylation sites (N-methyl/N-ethyl adjacent to an activating group) is 1. The Morgan fingerprint density at radius 2 is 2.24 bits per heavy atom. The van der Waals surface area contributed by atoms with Gasteiger partial charge in [0.2, 0.25) is 5.91 Å². The van der Waals surface area contributed by atoms with Crippen molar-refractivity contribution < 1.29 is 18.7 Å². The van der Waals surface area contributed by atoms with Gasteiger partial charge >= 0.3 is 5.97 Å². The maximum absolute atomic E-state index is 11.1. The van der Waals surface area contributed by atoms with E-state index in [9.17, 15) is 9.59 Å². The number of nitrogens with one attached hydrogen (secondary N) is 2. The summed E-state index contributed by atoms with van der Waals surface area (Å²) in [6.45, 7) is 3.05. The van der Waals surface area contributed by atoms with Gasteiger partial charge in [0, 0.05) is 6.54 Å². The second-order valence-electron chi connectivity index (χ2n) is 3.35. The zero-order valence-electron chi connectivity index (χ0n) is 9.91. The Kier molecular flexibility index (Phi) is 5.22. The average Bonchev–Trinajstić information content (AvgIpc) is 2.77. The number of furan rings is 1. The minimum atomic E-state index is -0.441. The number of hydrogen-bond donors (Lipinski definition) is 2. The number of carbonyl (C=O) groups excluding carboxylic acids is 2. The first-order valence-corrected chi connectivity index (χ1v) is 5.30. The van der Waals surface area contributed by atoms with Crippen LogP contribution in [0, 0.1) is 0 Å². The molecular formula is C11H16N2O4. The van der Waals surface area contributed by atoms with Gasteiger partial charge in [-0.25, -0.2) is 4.79 Å². The molecule has 0 aliphatic carbocycles. The number of ether oxygens (including phenoxy) is 1. The molecule has 0 spiro atoms. The summed E-state index contributed by atoms with van der Waals surface area (Å²) in [7, 11) is 1.31. The summed E-state index contributed by atoms with van der Waals surface area (Å²) in [5.41, 5.74) is 0.363. The highest BCUT2D eigenvalue weighted by Crippen LogP contribution is 2.08. The van der Waals surface area contributed by atoms with Crippen molar-refractivity contribution >= 4 is 11.9 Å². The van der Waals surface area contributed by atoms with Gasteiger partial charge in [-0.15, -0.1) is 0 Å². The van der Waals surface area contributed by atoms with Crippen LogP contribution in [-0.2, 0) is 16.1 Å². The molecule has 2 N–H and O–H groups in total. The van der Waals surface area contributed by atoms with Gasteiger partial charge in [0.15, 0.2) is 0 Å². The molecule has 0 fully saturated rings. The van der Waals surface area contributed by atoms with Crippen LogP contribution < -0.4 is 10.6 Å². The summed E-state index contributed by atoms with van der Waals surface area (Å²) in [5, 5.41) is 5.56. The van der Waals surface area contributed by atoms with E-state index in [4.69, 9.17) is 4.42 Å². The zero-order chi connectivity index (χ0) is 12.7. The molecule has 6 heteroatoms. The molecule has 0 radical (unpaired) electrons. The van der Waals surface area contributed by atoms with E-state index in [2.05, 4.69) is 15.4 Å². The molecule has 1 aromatic heterocycles. The largest absolute Gasteiger partial charge is 0.467 e. The second-order valence-corrected chi connectivity index (χ2v) is 3.35. The Morgan fingerprint density at radius 1 is 1.47 bits per heavy atom. The van der Waals surface area contributed by atoms with E-state index in [1.54, 1.807) is 6.07 Å². The summed E-state index contributed by atoms with van der Waals surface area (Å²) in [6, 6.07) is 1.58. The van der Waals surface area contributed by atoms with Crippen LogP contribution >= 0.6 is 0 Å². The first kappa shape index (κ1) is 13.2. The first-order valence-electron chi connectivity index (χ1n) is 5.30. The molecule has 0 aliphatic rings. The van der Waals surface area contributed by atoms with E-state index >= 15 is 0 Å². The second kappa shape index (κ2) is 6.70. The SMILES string of the molecule is CCNC(=O)CNCc1cc(C(=O)OC)co1. The molecular weight excluding hydrogens is 224 g/mol. The molecule has 1 aromatic rings. The Balaban J connectivity index is 2.35. The smallest absolute Gasteiger partial charge is 0.341 e. The number of amides is 1. The summed E-state index contributed by atoms with van der Waals surface area (Å²) in [5.74, 6) is 0.0608. The van der Waals surface area contributed by atoms with Crippen LogP contribution in [0.4, 0.5) is 0 Å². The van der Waals surface area contributed by atoms with Crippen molar-refractivity contribution in [1.82, 2.24) is 10.6 Å². The third-order valence-corrected chi connectivity index (χ3v) is 2.03. The maximum Gasteiger partial charge on any atom is 0.341 e. The van der Waals surface area contributed by atoms with Crippen LogP contribution in [-0.4, -0.2) is 32.1 Å². The molecule has 0 bridgehead atoms. The van der Waals surface area contributed by atoms with Gasteiger partial charge in [-0.1, -0.05) is 0 Å². The number of carbonyl (C=O) groups is 2. The van der Waals surface area contributed by atoms with Gasteiger partial charge < -0.3 is 19.8 Å². The number of rotatable bonds is 6. The van der Waals surface area contributed by atoms with Crippen molar-refractivity contribution in [3.05, 3.63) is 23.7 Å². The van der Waals surface area contributed by atoms with Crippen LogP contribution in [0.25, 0.3) is 0 Å². The fourth-order valence-corrected chi connectivity index (χ4v) is 1.26. The van der Waals surface area contributed by atoms with Gasteiger partial charge in [-0.2, -0.15) is 0 Å². The molecule has 17 heavy (non-hydrogen) atoms. The highest BCUT2D eigenvalue weighted by Gasteiger charge is 2.09. The molecule has 0 atom stereocenters. The topological polar surface area (TPSA) is 80.6 Å². The highest BCUT2D eigenvalue weighted by molar-refractivity contribution is 5.88. The normalized spacial score (nSPS) is 10.0. The fourth-order valence-electron chi connectivity index (χ4n) is 1.26. The van der Waals surface area contributed by atoms with Crippen molar-refractivity contribution in [2.24, 2.45) is 0 Å². The van der Waals surface area contributed by atoms with Crippen LogP contribution in [0.15, 0.2) is 16.7 Å². The van der Waals surface area contributed by atoms with E-state index in [0.29, 0.717) is 24.4 Å². The van der Waals surface area contributed by atoms with Crippen molar-refractivity contribution in [3.63, 3.8) is 0 Å². The molecule has 0 saturated heterocycles. The molecule has 1 heterocycles. The van der Waals surface area contributed by atoms with E-state index in [1.165, 1.54) is 13.4 Å². The molecule has 6 nitrogen and oxygen atoms in total. The van der Waals surface area contributed by atoms with E-state index in [-0.39, 0.29) is 12.5 Å². The number of methoxy groups -OCH3 is 1. The van der Waals surface area contributed by atoms with Crippen molar-refractivity contribution in [3.8, 4) is 0 Å². The highest BCUT2D eigenvalue weighted by atomic mass is 16.5. The summed E-state index contributed by atoms with van der Waals surface area (Å²) in [4.78, 5) is 22.2. The zero-order valence-corrected chi connectivity index (χ0v) is 9.91. The van der Waals surface area contributed by atoms with Gasteiger partial charge in [0.1, 0.15) is 12.0 Å². The molecule has 1 rings (SSSR count). The van der Waals surface area contributed by atoms with Crippen LogP contribution in [0.2, 0.25) is 0 Å². The van der Waals surface area contributed by atoms with Crippen LogP contribution in [0.3, 0.4) is 0 Å². The van der Waals surface area contributed by atoms with Gasteiger partial charge in [0.25, 0.3) is 0 Å². The molecule has 1 amide bonds. The first-order chi connectivity index (χ1) is 8.17.